The van der Waals surface area contributed by atoms with Crippen molar-refractivity contribution in [3.05, 3.63) is 11.6 Å². The van der Waals surface area contributed by atoms with E-state index in [-0.39, 0.29) is 34.8 Å². The first-order valence-electron chi connectivity index (χ1n) is 11.9. The Morgan fingerprint density at radius 2 is 1.90 bits per heavy atom. The van der Waals surface area contributed by atoms with Crippen molar-refractivity contribution in [2.24, 2.45) is 34.5 Å². The number of esters is 2. The van der Waals surface area contributed by atoms with E-state index < -0.39 is 5.60 Å². The molecule has 0 spiro atoms. The zero-order chi connectivity index (χ0) is 21.3. The number of ether oxygens (including phenoxy) is 2. The number of carbonyl (C=O) groups excluding carboxylic acids is 2. The monoisotopic (exact) mass is 416 g/mol. The zero-order valence-electron chi connectivity index (χ0n) is 18.6. The minimum atomic E-state index is -0.659. The van der Waals surface area contributed by atoms with Gasteiger partial charge in [-0.15, -0.1) is 0 Å². The third-order valence-corrected chi connectivity index (χ3v) is 10.3. The summed E-state index contributed by atoms with van der Waals surface area (Å²) in [6.45, 7) is 6.64. The average Bonchev–Trinajstić information content (AvgIpc) is 3.22. The van der Waals surface area contributed by atoms with Gasteiger partial charge in [0.25, 0.3) is 0 Å². The number of carbonyl (C=O) groups is 2. The number of aliphatic hydroxyl groups is 1. The second-order valence-electron chi connectivity index (χ2n) is 11.3. The molecule has 166 valence electrons. The van der Waals surface area contributed by atoms with E-state index in [1.807, 2.05) is 0 Å². The molecule has 4 fully saturated rings. The van der Waals surface area contributed by atoms with Crippen LogP contribution in [-0.4, -0.2) is 35.4 Å². The van der Waals surface area contributed by atoms with Gasteiger partial charge in [0.05, 0.1) is 5.60 Å². The Morgan fingerprint density at radius 3 is 2.60 bits per heavy atom. The molecule has 5 aliphatic rings. The van der Waals surface area contributed by atoms with Gasteiger partial charge in [-0.25, -0.2) is 4.79 Å². The molecule has 30 heavy (non-hydrogen) atoms. The van der Waals surface area contributed by atoms with E-state index >= 15 is 0 Å². The Morgan fingerprint density at radius 1 is 1.10 bits per heavy atom. The molecule has 0 aromatic carbocycles. The van der Waals surface area contributed by atoms with Crippen LogP contribution >= 0.6 is 0 Å². The van der Waals surface area contributed by atoms with Crippen molar-refractivity contribution in [3.63, 3.8) is 0 Å². The molecule has 0 saturated heterocycles. The van der Waals surface area contributed by atoms with Gasteiger partial charge in [-0.3, -0.25) is 4.79 Å². The predicted molar refractivity (Wildman–Crippen MR) is 111 cm³/mol. The van der Waals surface area contributed by atoms with Gasteiger partial charge in [-0.05, 0) is 92.4 Å². The molecular weight excluding hydrogens is 380 g/mol. The lowest BCUT2D eigenvalue weighted by Gasteiger charge is -2.63. The van der Waals surface area contributed by atoms with Gasteiger partial charge in [0.2, 0.25) is 0 Å². The van der Waals surface area contributed by atoms with Crippen molar-refractivity contribution in [2.75, 3.05) is 6.61 Å². The standard InChI is InChI=1S/C25H36O5/c1-15(26)30-18-6-9-23(2)17(13-18)4-5-21-20(23)7-10-24(3)19(8-11-25(21,24)28)16-12-22(27)29-14-16/h12,17-21,28H,4-11,13-14H2,1-3H3/t17-,18-,19+,20-,21+,23-,24+,25-/m0/s1. The fourth-order valence-corrected chi connectivity index (χ4v) is 8.71. The molecule has 0 radical (unpaired) electrons. The molecule has 5 rings (SSSR count). The van der Waals surface area contributed by atoms with Gasteiger partial charge in [0.15, 0.2) is 0 Å². The van der Waals surface area contributed by atoms with E-state index in [2.05, 4.69) is 13.8 Å². The molecule has 5 nitrogen and oxygen atoms in total. The summed E-state index contributed by atoms with van der Waals surface area (Å²) < 4.78 is 10.8. The molecule has 1 heterocycles. The van der Waals surface area contributed by atoms with Crippen molar-refractivity contribution in [2.45, 2.75) is 90.3 Å². The lowest BCUT2D eigenvalue weighted by Crippen LogP contribution is -2.62. The van der Waals surface area contributed by atoms with E-state index in [1.54, 1.807) is 6.08 Å². The van der Waals surface area contributed by atoms with Gasteiger partial charge in [-0.2, -0.15) is 0 Å². The highest BCUT2D eigenvalue weighted by Gasteiger charge is 2.67. The molecule has 4 aliphatic carbocycles. The average molecular weight is 417 g/mol. The Kier molecular flexibility index (Phi) is 4.67. The molecule has 0 aromatic rings. The summed E-state index contributed by atoms with van der Waals surface area (Å²) in [5.41, 5.74) is 0.485. The normalized spacial score (nSPS) is 50.1. The molecule has 8 atom stereocenters. The summed E-state index contributed by atoms with van der Waals surface area (Å²) in [4.78, 5) is 23.1. The number of cyclic esters (lactones) is 1. The SMILES string of the molecule is CC(=O)O[C@H]1CC[C@@]2(C)[C@@H](CC[C@@H]3[C@@H]2CC[C@]2(C)[C@@H](C4=CC(=O)OC4)CC[C@]32O)C1. The van der Waals surface area contributed by atoms with Crippen LogP contribution in [0, 0.1) is 34.5 Å². The van der Waals surface area contributed by atoms with Gasteiger partial charge in [-0.1, -0.05) is 13.8 Å². The van der Waals surface area contributed by atoms with Gasteiger partial charge >= 0.3 is 11.9 Å². The van der Waals surface area contributed by atoms with Crippen LogP contribution in [0.15, 0.2) is 11.6 Å². The molecule has 0 amide bonds. The van der Waals surface area contributed by atoms with Crippen LogP contribution in [0.25, 0.3) is 0 Å². The predicted octanol–water partition coefficient (Wildman–Crippen LogP) is 4.18. The Balaban J connectivity index is 1.40. The quantitative estimate of drug-likeness (QED) is 0.684. The fraction of sp³-hybridized carbons (Fsp3) is 0.840. The van der Waals surface area contributed by atoms with E-state index in [4.69, 9.17) is 9.47 Å². The zero-order valence-corrected chi connectivity index (χ0v) is 18.6. The first-order chi connectivity index (χ1) is 14.2. The molecule has 0 bridgehead atoms. The van der Waals surface area contributed by atoms with Crippen molar-refractivity contribution < 1.29 is 24.2 Å². The lowest BCUT2D eigenvalue weighted by atomic mass is 9.43. The molecule has 1 aliphatic heterocycles. The first-order valence-corrected chi connectivity index (χ1v) is 11.9. The maximum atomic E-state index is 12.2. The van der Waals surface area contributed by atoms with Crippen molar-refractivity contribution in [1.29, 1.82) is 0 Å². The number of fused-ring (bicyclic) bond motifs is 5. The highest BCUT2D eigenvalue weighted by Crippen LogP contribution is 2.69. The highest BCUT2D eigenvalue weighted by molar-refractivity contribution is 5.85. The largest absolute Gasteiger partial charge is 0.463 e. The van der Waals surface area contributed by atoms with Crippen LogP contribution in [0.1, 0.15) is 78.6 Å². The summed E-state index contributed by atoms with van der Waals surface area (Å²) in [5, 5.41) is 12.2. The molecular formula is C25H36O5. The summed E-state index contributed by atoms with van der Waals surface area (Å²) in [7, 11) is 0. The Bertz CT molecular complexity index is 788. The van der Waals surface area contributed by atoms with E-state index in [1.165, 1.54) is 6.92 Å². The Hall–Kier alpha value is -1.36. The summed E-state index contributed by atoms with van der Waals surface area (Å²) in [5.74, 6) is 1.29. The second kappa shape index (κ2) is 6.82. The van der Waals surface area contributed by atoms with Crippen molar-refractivity contribution in [1.82, 2.24) is 0 Å². The maximum absolute atomic E-state index is 12.2. The molecule has 0 unspecified atom stereocenters. The summed E-state index contributed by atoms with van der Waals surface area (Å²) in [6.07, 6.45) is 10.9. The van der Waals surface area contributed by atoms with Gasteiger partial charge in [0, 0.05) is 18.4 Å². The van der Waals surface area contributed by atoms with Crippen LogP contribution in [0.4, 0.5) is 0 Å². The third-order valence-electron chi connectivity index (χ3n) is 10.3. The van der Waals surface area contributed by atoms with Crippen molar-refractivity contribution >= 4 is 11.9 Å². The Labute approximate surface area is 179 Å². The van der Waals surface area contributed by atoms with Gasteiger partial charge < -0.3 is 14.6 Å². The summed E-state index contributed by atoms with van der Waals surface area (Å²) >= 11 is 0. The topological polar surface area (TPSA) is 72.8 Å². The third kappa shape index (κ3) is 2.76. The lowest BCUT2D eigenvalue weighted by molar-refractivity contribution is -0.209. The molecule has 1 N–H and O–H groups in total. The van der Waals surface area contributed by atoms with E-state index in [0.29, 0.717) is 24.4 Å². The first kappa shape index (κ1) is 20.5. The molecule has 4 saturated carbocycles. The molecule has 0 aromatic heterocycles. The number of rotatable bonds is 2. The minimum Gasteiger partial charge on any atom is -0.463 e. The van der Waals surface area contributed by atoms with Crippen molar-refractivity contribution in [3.8, 4) is 0 Å². The minimum absolute atomic E-state index is 0.0665. The number of hydrogen-bond donors (Lipinski definition) is 1. The van der Waals surface area contributed by atoms with Crippen LogP contribution in [-0.2, 0) is 19.1 Å². The smallest absolute Gasteiger partial charge is 0.331 e. The fourth-order valence-electron chi connectivity index (χ4n) is 8.71. The summed E-state index contributed by atoms with van der Waals surface area (Å²) in [6, 6.07) is 0. The highest BCUT2D eigenvalue weighted by atomic mass is 16.5. The number of hydrogen-bond acceptors (Lipinski definition) is 5. The molecule has 5 heteroatoms. The van der Waals surface area contributed by atoms with E-state index in [0.717, 1.165) is 63.4 Å². The van der Waals surface area contributed by atoms with Crippen LogP contribution in [0.2, 0.25) is 0 Å². The van der Waals surface area contributed by atoms with Crippen LogP contribution in [0.3, 0.4) is 0 Å². The maximum Gasteiger partial charge on any atom is 0.331 e. The van der Waals surface area contributed by atoms with Crippen LogP contribution in [0.5, 0.6) is 0 Å². The van der Waals surface area contributed by atoms with Gasteiger partial charge in [0.1, 0.15) is 12.7 Å². The van der Waals surface area contributed by atoms with E-state index in [9.17, 15) is 14.7 Å². The second-order valence-corrected chi connectivity index (χ2v) is 11.3. The van der Waals surface area contributed by atoms with Crippen LogP contribution < -0.4 is 0 Å².